The van der Waals surface area contributed by atoms with E-state index in [0.717, 1.165) is 18.4 Å². The van der Waals surface area contributed by atoms with Gasteiger partial charge in [0.05, 0.1) is 18.4 Å². The lowest BCUT2D eigenvalue weighted by molar-refractivity contribution is -0.0731. The lowest BCUT2D eigenvalue weighted by Gasteiger charge is -2.32. The molecule has 21 heavy (non-hydrogen) atoms. The van der Waals surface area contributed by atoms with Gasteiger partial charge in [-0.15, -0.1) is 0 Å². The van der Waals surface area contributed by atoms with E-state index < -0.39 is 0 Å². The van der Waals surface area contributed by atoms with Crippen LogP contribution in [0.5, 0.6) is 5.88 Å². The summed E-state index contributed by atoms with van der Waals surface area (Å²) in [7, 11) is 0. The second-order valence-corrected chi connectivity index (χ2v) is 6.12. The second-order valence-electron chi connectivity index (χ2n) is 6.12. The third kappa shape index (κ3) is 4.93. The number of ether oxygens (including phenoxy) is 2. The quantitative estimate of drug-likeness (QED) is 0.907. The summed E-state index contributed by atoms with van der Waals surface area (Å²) < 4.78 is 25.1. The van der Waals surface area contributed by atoms with E-state index in [1.54, 1.807) is 0 Å². The summed E-state index contributed by atoms with van der Waals surface area (Å²) in [6, 6.07) is 1.81. The van der Waals surface area contributed by atoms with Crippen LogP contribution >= 0.6 is 0 Å². The number of nitrogens with zero attached hydrogens (tertiary/aromatic N) is 1. The van der Waals surface area contributed by atoms with Gasteiger partial charge >= 0.3 is 0 Å². The number of pyridine rings is 1. The van der Waals surface area contributed by atoms with Crippen LogP contribution in [-0.4, -0.2) is 29.3 Å². The summed E-state index contributed by atoms with van der Waals surface area (Å²) >= 11 is 0. The van der Waals surface area contributed by atoms with Crippen molar-refractivity contribution in [3.63, 3.8) is 0 Å². The predicted octanol–water partition coefficient (Wildman–Crippen LogP) is 3.05. The Morgan fingerprint density at radius 2 is 2.05 bits per heavy atom. The predicted molar refractivity (Wildman–Crippen MR) is 79.8 cm³/mol. The molecule has 118 valence electrons. The Morgan fingerprint density at radius 1 is 1.38 bits per heavy atom. The highest BCUT2D eigenvalue weighted by atomic mass is 19.1. The van der Waals surface area contributed by atoms with Crippen molar-refractivity contribution in [2.45, 2.75) is 71.4 Å². The van der Waals surface area contributed by atoms with E-state index in [-0.39, 0.29) is 24.1 Å². The smallest absolute Gasteiger partial charge is 0.218 e. The topological polar surface area (TPSA) is 43.4 Å². The minimum Gasteiger partial charge on any atom is -0.474 e. The molecule has 0 radical (unpaired) electrons. The van der Waals surface area contributed by atoms with E-state index in [1.807, 2.05) is 13.8 Å². The van der Waals surface area contributed by atoms with Gasteiger partial charge in [-0.3, -0.25) is 0 Å². The van der Waals surface area contributed by atoms with Crippen molar-refractivity contribution in [2.75, 3.05) is 0 Å². The fraction of sp³-hybridized carbons (Fsp3) is 0.688. The monoisotopic (exact) mass is 296 g/mol. The molecule has 2 unspecified atom stereocenters. The van der Waals surface area contributed by atoms with Gasteiger partial charge in [0.25, 0.3) is 0 Å². The van der Waals surface area contributed by atoms with Crippen molar-refractivity contribution < 1.29 is 13.9 Å². The summed E-state index contributed by atoms with van der Waals surface area (Å²) in [5.41, 5.74) is 0.760. The van der Waals surface area contributed by atoms with Crippen LogP contribution in [0.1, 0.15) is 46.1 Å². The van der Waals surface area contributed by atoms with Crippen molar-refractivity contribution in [1.29, 1.82) is 0 Å². The molecule has 1 saturated heterocycles. The lowest BCUT2D eigenvalue weighted by atomic mass is 10.0. The number of hydrogen-bond acceptors (Lipinski definition) is 4. The molecule has 0 saturated carbocycles. The normalized spacial score (nSPS) is 26.1. The van der Waals surface area contributed by atoms with Gasteiger partial charge in [0, 0.05) is 31.0 Å². The first-order chi connectivity index (χ1) is 9.94. The molecular weight excluding hydrogens is 271 g/mol. The minimum absolute atomic E-state index is 0.0690. The number of aromatic nitrogens is 1. The Labute approximate surface area is 126 Å². The number of nitrogens with one attached hydrogen (secondary N) is 1. The van der Waals surface area contributed by atoms with Crippen molar-refractivity contribution in [3.05, 3.63) is 23.6 Å². The highest BCUT2D eigenvalue weighted by molar-refractivity contribution is 5.26. The first-order valence-corrected chi connectivity index (χ1v) is 7.64. The molecule has 0 bridgehead atoms. The van der Waals surface area contributed by atoms with E-state index >= 15 is 0 Å². The SMILES string of the molecule is CC(C)NCc1cc(F)cnc1OC1CC(C)OC(C)C1. The molecule has 1 aromatic rings. The van der Waals surface area contributed by atoms with Gasteiger partial charge in [0.2, 0.25) is 5.88 Å². The fourth-order valence-electron chi connectivity index (χ4n) is 2.61. The molecule has 0 aromatic carbocycles. The van der Waals surface area contributed by atoms with Crippen molar-refractivity contribution in [1.82, 2.24) is 10.3 Å². The van der Waals surface area contributed by atoms with Crippen LogP contribution in [0.15, 0.2) is 12.3 Å². The lowest BCUT2D eigenvalue weighted by Crippen LogP contribution is -2.36. The third-order valence-electron chi connectivity index (χ3n) is 3.53. The summed E-state index contributed by atoms with van der Waals surface area (Å²) in [6.07, 6.45) is 3.30. The molecule has 4 nitrogen and oxygen atoms in total. The first-order valence-electron chi connectivity index (χ1n) is 7.64. The zero-order valence-corrected chi connectivity index (χ0v) is 13.2. The first kappa shape index (κ1) is 16.2. The van der Waals surface area contributed by atoms with Crippen molar-refractivity contribution >= 4 is 0 Å². The molecule has 1 aromatic heterocycles. The average molecular weight is 296 g/mol. The Kier molecular flexibility index (Phi) is 5.53. The molecule has 1 fully saturated rings. The van der Waals surface area contributed by atoms with E-state index in [2.05, 4.69) is 24.1 Å². The van der Waals surface area contributed by atoms with Gasteiger partial charge in [-0.2, -0.15) is 0 Å². The van der Waals surface area contributed by atoms with Crippen LogP contribution in [0.4, 0.5) is 4.39 Å². The van der Waals surface area contributed by atoms with Gasteiger partial charge in [-0.25, -0.2) is 9.37 Å². The molecule has 0 amide bonds. The maximum atomic E-state index is 13.4. The van der Waals surface area contributed by atoms with Crippen molar-refractivity contribution in [2.24, 2.45) is 0 Å². The Balaban J connectivity index is 2.07. The number of halogens is 1. The van der Waals surface area contributed by atoms with E-state index in [0.29, 0.717) is 18.5 Å². The fourth-order valence-corrected chi connectivity index (χ4v) is 2.61. The average Bonchev–Trinajstić information content (AvgIpc) is 2.37. The second kappa shape index (κ2) is 7.18. The van der Waals surface area contributed by atoms with Crippen molar-refractivity contribution in [3.8, 4) is 5.88 Å². The summed E-state index contributed by atoms with van der Waals surface area (Å²) in [5, 5.41) is 3.27. The zero-order valence-electron chi connectivity index (χ0n) is 13.2. The van der Waals surface area contributed by atoms with Gasteiger partial charge in [-0.1, -0.05) is 13.8 Å². The maximum absolute atomic E-state index is 13.4. The molecule has 2 atom stereocenters. The Morgan fingerprint density at radius 3 is 2.67 bits per heavy atom. The molecular formula is C16H25FN2O2. The maximum Gasteiger partial charge on any atom is 0.218 e. The van der Waals surface area contributed by atoms with Crippen LogP contribution in [0, 0.1) is 5.82 Å². The molecule has 0 spiro atoms. The van der Waals surface area contributed by atoms with Gasteiger partial charge < -0.3 is 14.8 Å². The highest BCUT2D eigenvalue weighted by Gasteiger charge is 2.26. The molecule has 2 heterocycles. The van der Waals surface area contributed by atoms with Crippen LogP contribution in [0.25, 0.3) is 0 Å². The summed E-state index contributed by atoms with van der Waals surface area (Å²) in [4.78, 5) is 4.12. The molecule has 1 N–H and O–H groups in total. The Hall–Kier alpha value is -1.20. The van der Waals surface area contributed by atoms with Gasteiger partial charge in [-0.05, 0) is 19.9 Å². The van der Waals surface area contributed by atoms with E-state index in [1.165, 1.54) is 12.3 Å². The van der Waals surface area contributed by atoms with Crippen LogP contribution in [0.3, 0.4) is 0 Å². The summed E-state index contributed by atoms with van der Waals surface area (Å²) in [6.45, 7) is 8.74. The van der Waals surface area contributed by atoms with Crippen LogP contribution in [-0.2, 0) is 11.3 Å². The highest BCUT2D eigenvalue weighted by Crippen LogP contribution is 2.25. The van der Waals surface area contributed by atoms with Gasteiger partial charge in [0.15, 0.2) is 0 Å². The minimum atomic E-state index is -0.336. The van der Waals surface area contributed by atoms with Crippen LogP contribution < -0.4 is 10.1 Å². The molecule has 5 heteroatoms. The standard InChI is InChI=1S/C16H25FN2O2/c1-10(2)18-8-13-7-14(17)9-19-16(13)21-15-5-11(3)20-12(4)6-15/h7,9-12,15,18H,5-6,8H2,1-4H3. The Bertz CT molecular complexity index is 458. The van der Waals surface area contributed by atoms with Gasteiger partial charge in [0.1, 0.15) is 11.9 Å². The molecule has 0 aliphatic carbocycles. The molecule has 2 rings (SSSR count). The zero-order chi connectivity index (χ0) is 15.4. The van der Waals surface area contributed by atoms with E-state index in [9.17, 15) is 4.39 Å². The number of hydrogen-bond donors (Lipinski definition) is 1. The van der Waals surface area contributed by atoms with E-state index in [4.69, 9.17) is 9.47 Å². The largest absolute Gasteiger partial charge is 0.474 e. The van der Waals surface area contributed by atoms with Crippen LogP contribution in [0.2, 0.25) is 0 Å². The molecule has 1 aliphatic heterocycles. The third-order valence-corrected chi connectivity index (χ3v) is 3.53. The summed E-state index contributed by atoms with van der Waals surface area (Å²) in [5.74, 6) is 0.187. The number of rotatable bonds is 5. The molecule has 1 aliphatic rings.